The van der Waals surface area contributed by atoms with Crippen LogP contribution < -0.4 is 10.6 Å². The first kappa shape index (κ1) is 17.5. The van der Waals surface area contributed by atoms with Gasteiger partial charge in [-0.3, -0.25) is 4.68 Å². The molecular formula is C14H27N5O2. The Kier molecular flexibility index (Phi) is 7.18. The minimum atomic E-state index is -0.203. The van der Waals surface area contributed by atoms with E-state index in [1.165, 1.54) is 0 Å². The first-order valence-corrected chi connectivity index (χ1v) is 7.28. The Balaban J connectivity index is 2.52. The summed E-state index contributed by atoms with van der Waals surface area (Å²) >= 11 is 0. The summed E-state index contributed by atoms with van der Waals surface area (Å²) < 4.78 is 1.75. The number of aliphatic hydroxyl groups is 1. The second kappa shape index (κ2) is 8.63. The summed E-state index contributed by atoms with van der Waals surface area (Å²) in [4.78, 5) is 14.0. The lowest BCUT2D eigenvalue weighted by Crippen LogP contribution is -2.44. The number of carbonyl (C=O) groups is 1. The monoisotopic (exact) mass is 297 g/mol. The molecule has 21 heavy (non-hydrogen) atoms. The smallest absolute Gasteiger partial charge is 0.315 e. The number of aromatic nitrogens is 2. The van der Waals surface area contributed by atoms with E-state index in [4.69, 9.17) is 5.11 Å². The van der Waals surface area contributed by atoms with Crippen LogP contribution >= 0.6 is 0 Å². The average molecular weight is 297 g/mol. The first-order chi connectivity index (χ1) is 9.97. The molecule has 0 saturated carbocycles. The van der Waals surface area contributed by atoms with E-state index in [0.717, 1.165) is 12.0 Å². The highest BCUT2D eigenvalue weighted by atomic mass is 16.3. The number of aryl methyl sites for hydroxylation is 1. The normalized spacial score (nSPS) is 14.0. The number of rotatable bonds is 8. The van der Waals surface area contributed by atoms with E-state index in [1.807, 2.05) is 45.4 Å². The number of amides is 2. The van der Waals surface area contributed by atoms with Crippen molar-refractivity contribution in [2.24, 2.45) is 7.05 Å². The van der Waals surface area contributed by atoms with Gasteiger partial charge in [-0.15, -0.1) is 0 Å². The van der Waals surface area contributed by atoms with E-state index >= 15 is 0 Å². The minimum Gasteiger partial charge on any atom is -0.396 e. The highest BCUT2D eigenvalue weighted by Gasteiger charge is 2.17. The topological polar surface area (TPSA) is 82.4 Å². The summed E-state index contributed by atoms with van der Waals surface area (Å²) in [6, 6.07) is -0.125. The van der Waals surface area contributed by atoms with Gasteiger partial charge >= 0.3 is 6.03 Å². The molecule has 0 aliphatic carbocycles. The molecule has 0 aliphatic heterocycles. The largest absolute Gasteiger partial charge is 0.396 e. The van der Waals surface area contributed by atoms with Gasteiger partial charge < -0.3 is 20.6 Å². The minimum absolute atomic E-state index is 0.00574. The van der Waals surface area contributed by atoms with Gasteiger partial charge in [0.1, 0.15) is 0 Å². The van der Waals surface area contributed by atoms with E-state index in [-0.39, 0.29) is 24.7 Å². The SMILES string of the molecule is CCC(CCO)NC(=O)NCC(c1cnn(C)c1)N(C)C. The van der Waals surface area contributed by atoms with Crippen molar-refractivity contribution in [1.82, 2.24) is 25.3 Å². The lowest BCUT2D eigenvalue weighted by Gasteiger charge is -2.24. The highest BCUT2D eigenvalue weighted by Crippen LogP contribution is 2.15. The molecule has 0 radical (unpaired) electrons. The van der Waals surface area contributed by atoms with Crippen molar-refractivity contribution in [2.75, 3.05) is 27.2 Å². The molecule has 7 heteroatoms. The Morgan fingerprint density at radius 1 is 1.52 bits per heavy atom. The number of hydrogen-bond acceptors (Lipinski definition) is 4. The number of nitrogens with one attached hydrogen (secondary N) is 2. The molecule has 2 unspecified atom stereocenters. The van der Waals surface area contributed by atoms with Crippen LogP contribution in [0, 0.1) is 0 Å². The summed E-state index contributed by atoms with van der Waals surface area (Å²) in [6.45, 7) is 2.56. The predicted octanol–water partition coefficient (Wildman–Crippen LogP) is 0.483. The van der Waals surface area contributed by atoms with Gasteiger partial charge in [-0.2, -0.15) is 5.10 Å². The fourth-order valence-corrected chi connectivity index (χ4v) is 2.17. The third-order valence-corrected chi connectivity index (χ3v) is 3.49. The van der Waals surface area contributed by atoms with Crippen LogP contribution in [0.1, 0.15) is 31.4 Å². The Morgan fingerprint density at radius 3 is 2.71 bits per heavy atom. The van der Waals surface area contributed by atoms with Gasteiger partial charge in [0.15, 0.2) is 0 Å². The van der Waals surface area contributed by atoms with Gasteiger partial charge in [0, 0.05) is 38.0 Å². The Bertz CT molecular complexity index is 433. The second-order valence-electron chi connectivity index (χ2n) is 5.40. The zero-order valence-electron chi connectivity index (χ0n) is 13.3. The molecule has 1 rings (SSSR count). The summed E-state index contributed by atoms with van der Waals surface area (Å²) in [5.41, 5.74) is 1.06. The summed E-state index contributed by atoms with van der Waals surface area (Å²) in [5, 5.41) is 18.9. The molecule has 2 amide bonds. The van der Waals surface area contributed by atoms with Gasteiger partial charge in [0.25, 0.3) is 0 Å². The predicted molar refractivity (Wildman–Crippen MR) is 82.0 cm³/mol. The van der Waals surface area contributed by atoms with Crippen molar-refractivity contribution >= 4 is 6.03 Å². The van der Waals surface area contributed by atoms with Crippen molar-refractivity contribution in [2.45, 2.75) is 31.8 Å². The van der Waals surface area contributed by atoms with Gasteiger partial charge in [-0.25, -0.2) is 4.79 Å². The van der Waals surface area contributed by atoms with Crippen LogP contribution in [0.3, 0.4) is 0 Å². The van der Waals surface area contributed by atoms with Crippen molar-refractivity contribution in [3.8, 4) is 0 Å². The van der Waals surface area contributed by atoms with Crippen molar-refractivity contribution < 1.29 is 9.90 Å². The molecule has 7 nitrogen and oxygen atoms in total. The standard InChI is InChI=1S/C14H27N5O2/c1-5-12(6-7-20)17-14(21)15-9-13(18(2)3)11-8-16-19(4)10-11/h8,10,12-13,20H,5-7,9H2,1-4H3,(H2,15,17,21). The Morgan fingerprint density at radius 2 is 2.24 bits per heavy atom. The molecule has 0 aliphatic rings. The molecule has 0 fully saturated rings. The number of nitrogens with zero attached hydrogens (tertiary/aromatic N) is 3. The Labute approximate surface area is 126 Å². The molecule has 1 aromatic rings. The fourth-order valence-electron chi connectivity index (χ4n) is 2.17. The summed E-state index contributed by atoms with van der Waals surface area (Å²) in [7, 11) is 5.81. The second-order valence-corrected chi connectivity index (χ2v) is 5.40. The molecule has 0 saturated heterocycles. The molecule has 2 atom stereocenters. The molecule has 120 valence electrons. The van der Waals surface area contributed by atoms with Gasteiger partial charge in [-0.05, 0) is 26.9 Å². The number of likely N-dealkylation sites (N-methyl/N-ethyl adjacent to an activating group) is 1. The summed E-state index contributed by atoms with van der Waals surface area (Å²) in [5.74, 6) is 0. The molecule has 0 spiro atoms. The number of aliphatic hydroxyl groups excluding tert-OH is 1. The van der Waals surface area contributed by atoms with E-state index in [1.54, 1.807) is 4.68 Å². The fraction of sp³-hybridized carbons (Fsp3) is 0.714. The zero-order valence-corrected chi connectivity index (χ0v) is 13.3. The van der Waals surface area contributed by atoms with Gasteiger partial charge in [0.2, 0.25) is 0 Å². The number of carbonyl (C=O) groups excluding carboxylic acids is 1. The van der Waals surface area contributed by atoms with Crippen LogP contribution in [0.2, 0.25) is 0 Å². The van der Waals surface area contributed by atoms with Crippen LogP contribution in [0.5, 0.6) is 0 Å². The van der Waals surface area contributed by atoms with E-state index < -0.39 is 0 Å². The molecule has 1 aromatic heterocycles. The maximum Gasteiger partial charge on any atom is 0.315 e. The number of hydrogen-bond donors (Lipinski definition) is 3. The maximum atomic E-state index is 11.9. The van der Waals surface area contributed by atoms with Gasteiger partial charge in [0.05, 0.1) is 12.2 Å². The van der Waals surface area contributed by atoms with Crippen LogP contribution in [0.4, 0.5) is 4.79 Å². The average Bonchev–Trinajstić information content (AvgIpc) is 2.84. The maximum absolute atomic E-state index is 11.9. The zero-order chi connectivity index (χ0) is 15.8. The quantitative estimate of drug-likeness (QED) is 0.652. The van der Waals surface area contributed by atoms with Crippen molar-refractivity contribution in [1.29, 1.82) is 0 Å². The molecular weight excluding hydrogens is 270 g/mol. The first-order valence-electron chi connectivity index (χ1n) is 7.28. The van der Waals surface area contributed by atoms with E-state index in [9.17, 15) is 4.79 Å². The van der Waals surface area contributed by atoms with E-state index in [0.29, 0.717) is 13.0 Å². The molecule has 3 N–H and O–H groups in total. The van der Waals surface area contributed by atoms with Crippen LogP contribution in [-0.2, 0) is 7.05 Å². The lowest BCUT2D eigenvalue weighted by atomic mass is 10.1. The number of urea groups is 1. The lowest BCUT2D eigenvalue weighted by molar-refractivity contribution is 0.222. The van der Waals surface area contributed by atoms with E-state index in [2.05, 4.69) is 15.7 Å². The third-order valence-electron chi connectivity index (χ3n) is 3.49. The highest BCUT2D eigenvalue weighted by molar-refractivity contribution is 5.74. The summed E-state index contributed by atoms with van der Waals surface area (Å²) in [6.07, 6.45) is 5.13. The van der Waals surface area contributed by atoms with Crippen molar-refractivity contribution in [3.63, 3.8) is 0 Å². The van der Waals surface area contributed by atoms with Crippen LogP contribution in [0.15, 0.2) is 12.4 Å². The van der Waals surface area contributed by atoms with Crippen molar-refractivity contribution in [3.05, 3.63) is 18.0 Å². The molecule has 0 bridgehead atoms. The Hall–Kier alpha value is -1.60. The molecule has 1 heterocycles. The van der Waals surface area contributed by atoms with Crippen LogP contribution in [-0.4, -0.2) is 59.1 Å². The van der Waals surface area contributed by atoms with Gasteiger partial charge in [-0.1, -0.05) is 6.92 Å². The van der Waals surface area contributed by atoms with Crippen LogP contribution in [0.25, 0.3) is 0 Å². The third kappa shape index (κ3) is 5.73. The molecule has 0 aromatic carbocycles.